The van der Waals surface area contributed by atoms with Gasteiger partial charge in [0.1, 0.15) is 12.4 Å². The first-order valence-corrected chi connectivity index (χ1v) is 11.0. The number of carbonyl (C=O) groups excluding carboxylic acids is 2. The SMILES string of the molecule is C#CC(C)Oc1ccc(COC(=O)c2cccc(S(=O)(=O)N3CCNC(=O)C3)c2)cc1. The van der Waals surface area contributed by atoms with Gasteiger partial charge in [-0.25, -0.2) is 13.2 Å². The van der Waals surface area contributed by atoms with E-state index in [1.165, 1.54) is 24.3 Å². The molecule has 1 aliphatic rings. The Bertz CT molecular complexity index is 1110. The highest BCUT2D eigenvalue weighted by Gasteiger charge is 2.29. The molecule has 0 aliphatic carbocycles. The summed E-state index contributed by atoms with van der Waals surface area (Å²) < 4.78 is 37.4. The quantitative estimate of drug-likeness (QED) is 0.516. The molecule has 1 N–H and O–H groups in total. The van der Waals surface area contributed by atoms with E-state index in [0.717, 1.165) is 9.87 Å². The summed E-state index contributed by atoms with van der Waals surface area (Å²) in [4.78, 5) is 23.9. The predicted octanol–water partition coefficient (Wildman–Crippen LogP) is 1.56. The van der Waals surface area contributed by atoms with E-state index in [2.05, 4.69) is 11.2 Å². The van der Waals surface area contributed by atoms with Crippen molar-refractivity contribution >= 4 is 21.9 Å². The number of piperazine rings is 1. The first-order valence-electron chi connectivity index (χ1n) is 9.55. The fourth-order valence-corrected chi connectivity index (χ4v) is 4.33. The first kappa shape index (κ1) is 22.3. The normalized spacial score (nSPS) is 15.4. The molecular formula is C22H22N2O6S. The van der Waals surface area contributed by atoms with Gasteiger partial charge in [0.25, 0.3) is 0 Å². The summed E-state index contributed by atoms with van der Waals surface area (Å²) in [5.41, 5.74) is 0.836. The van der Waals surface area contributed by atoms with Gasteiger partial charge >= 0.3 is 5.97 Å². The molecule has 1 unspecified atom stereocenters. The maximum Gasteiger partial charge on any atom is 0.338 e. The summed E-state index contributed by atoms with van der Waals surface area (Å²) in [5.74, 6) is 2.05. The highest BCUT2D eigenvalue weighted by Crippen LogP contribution is 2.19. The molecule has 1 atom stereocenters. The van der Waals surface area contributed by atoms with Gasteiger partial charge < -0.3 is 14.8 Å². The van der Waals surface area contributed by atoms with Gasteiger partial charge in [-0.3, -0.25) is 4.79 Å². The predicted molar refractivity (Wildman–Crippen MR) is 113 cm³/mol. The van der Waals surface area contributed by atoms with Crippen LogP contribution >= 0.6 is 0 Å². The Kier molecular flexibility index (Phi) is 6.95. The van der Waals surface area contributed by atoms with Gasteiger partial charge in [-0.2, -0.15) is 4.31 Å². The molecule has 8 nitrogen and oxygen atoms in total. The lowest BCUT2D eigenvalue weighted by atomic mass is 10.2. The van der Waals surface area contributed by atoms with E-state index in [-0.39, 0.29) is 48.7 Å². The topological polar surface area (TPSA) is 102 Å². The molecule has 0 aromatic heterocycles. The van der Waals surface area contributed by atoms with Crippen molar-refractivity contribution in [2.45, 2.75) is 24.5 Å². The minimum atomic E-state index is -3.90. The number of hydrogen-bond acceptors (Lipinski definition) is 6. The van der Waals surface area contributed by atoms with E-state index in [1.807, 2.05) is 0 Å². The van der Waals surface area contributed by atoms with Crippen LogP contribution in [0.3, 0.4) is 0 Å². The second kappa shape index (κ2) is 9.64. The number of rotatable bonds is 7. The van der Waals surface area contributed by atoms with Gasteiger partial charge in [-0.05, 0) is 42.8 Å². The largest absolute Gasteiger partial charge is 0.478 e. The summed E-state index contributed by atoms with van der Waals surface area (Å²) in [6, 6.07) is 12.5. The number of esters is 1. The molecule has 31 heavy (non-hydrogen) atoms. The number of nitrogens with one attached hydrogen (secondary N) is 1. The highest BCUT2D eigenvalue weighted by molar-refractivity contribution is 7.89. The molecule has 1 aliphatic heterocycles. The Labute approximate surface area is 181 Å². The van der Waals surface area contributed by atoms with Gasteiger partial charge in [0, 0.05) is 13.1 Å². The molecule has 2 aromatic rings. The molecule has 0 radical (unpaired) electrons. The second-order valence-corrected chi connectivity index (χ2v) is 8.80. The van der Waals surface area contributed by atoms with Crippen LogP contribution in [0.2, 0.25) is 0 Å². The minimum Gasteiger partial charge on any atom is -0.478 e. The average molecular weight is 442 g/mol. The molecule has 162 valence electrons. The van der Waals surface area contributed by atoms with Crippen LogP contribution in [0.5, 0.6) is 5.75 Å². The highest BCUT2D eigenvalue weighted by atomic mass is 32.2. The fraction of sp³-hybridized carbons (Fsp3) is 0.273. The number of sulfonamides is 1. The van der Waals surface area contributed by atoms with Gasteiger partial charge in [-0.15, -0.1) is 6.42 Å². The molecular weight excluding hydrogens is 420 g/mol. The Morgan fingerprint density at radius 3 is 2.68 bits per heavy atom. The van der Waals surface area contributed by atoms with Crippen molar-refractivity contribution in [3.8, 4) is 18.1 Å². The first-order chi connectivity index (χ1) is 14.8. The van der Waals surface area contributed by atoms with Crippen LogP contribution in [0.25, 0.3) is 0 Å². The maximum absolute atomic E-state index is 12.8. The lowest BCUT2D eigenvalue weighted by Crippen LogP contribution is -2.49. The Balaban J connectivity index is 1.65. The van der Waals surface area contributed by atoms with Crippen LogP contribution in [-0.2, 0) is 26.2 Å². The summed E-state index contributed by atoms with van der Waals surface area (Å²) >= 11 is 0. The Morgan fingerprint density at radius 1 is 1.26 bits per heavy atom. The van der Waals surface area contributed by atoms with Gasteiger partial charge in [-0.1, -0.05) is 24.1 Å². The summed E-state index contributed by atoms with van der Waals surface area (Å²) in [7, 11) is -3.90. The third-order valence-corrected chi connectivity index (χ3v) is 6.39. The zero-order valence-corrected chi connectivity index (χ0v) is 17.7. The summed E-state index contributed by atoms with van der Waals surface area (Å²) in [6.07, 6.45) is 4.93. The summed E-state index contributed by atoms with van der Waals surface area (Å²) in [5, 5.41) is 2.58. The van der Waals surface area contributed by atoms with Crippen molar-refractivity contribution in [3.05, 3.63) is 59.7 Å². The molecule has 0 spiro atoms. The van der Waals surface area contributed by atoms with E-state index in [4.69, 9.17) is 15.9 Å². The number of hydrogen-bond donors (Lipinski definition) is 1. The molecule has 1 saturated heterocycles. The smallest absolute Gasteiger partial charge is 0.338 e. The van der Waals surface area contributed by atoms with E-state index in [9.17, 15) is 18.0 Å². The molecule has 0 bridgehead atoms. The zero-order chi connectivity index (χ0) is 22.4. The minimum absolute atomic E-state index is 0.00702. The lowest BCUT2D eigenvalue weighted by Gasteiger charge is -2.26. The van der Waals surface area contributed by atoms with Crippen LogP contribution in [-0.4, -0.2) is 50.3 Å². The van der Waals surface area contributed by atoms with Crippen molar-refractivity contribution in [1.29, 1.82) is 0 Å². The maximum atomic E-state index is 12.8. The zero-order valence-electron chi connectivity index (χ0n) is 16.9. The van der Waals surface area contributed by atoms with Crippen molar-refractivity contribution < 1.29 is 27.5 Å². The average Bonchev–Trinajstić information content (AvgIpc) is 2.78. The number of amides is 1. The van der Waals surface area contributed by atoms with Gasteiger partial charge in [0.05, 0.1) is 17.0 Å². The lowest BCUT2D eigenvalue weighted by molar-refractivity contribution is -0.122. The monoisotopic (exact) mass is 442 g/mol. The van der Waals surface area contributed by atoms with Crippen molar-refractivity contribution in [2.75, 3.05) is 19.6 Å². The van der Waals surface area contributed by atoms with E-state index in [0.29, 0.717) is 5.75 Å². The van der Waals surface area contributed by atoms with Crippen LogP contribution in [0.15, 0.2) is 53.4 Å². The van der Waals surface area contributed by atoms with E-state index in [1.54, 1.807) is 31.2 Å². The molecule has 3 rings (SSSR count). The third-order valence-electron chi connectivity index (χ3n) is 4.55. The number of ether oxygens (including phenoxy) is 2. The van der Waals surface area contributed by atoms with E-state index >= 15 is 0 Å². The van der Waals surface area contributed by atoms with Crippen molar-refractivity contribution in [3.63, 3.8) is 0 Å². The van der Waals surface area contributed by atoms with Crippen LogP contribution in [0.1, 0.15) is 22.8 Å². The van der Waals surface area contributed by atoms with Crippen molar-refractivity contribution in [1.82, 2.24) is 9.62 Å². The molecule has 9 heteroatoms. The molecule has 1 amide bonds. The number of carbonyl (C=O) groups is 2. The van der Waals surface area contributed by atoms with Crippen LogP contribution < -0.4 is 10.1 Å². The second-order valence-electron chi connectivity index (χ2n) is 6.86. The molecule has 2 aromatic carbocycles. The fourth-order valence-electron chi connectivity index (χ4n) is 2.89. The standard InChI is InChI=1S/C22H22N2O6S/c1-3-16(2)30-19-9-7-17(8-10-19)15-29-22(26)18-5-4-6-20(13-18)31(27,28)24-12-11-23-21(25)14-24/h1,4-10,13,16H,11-12,14-15H2,2H3,(H,23,25). The Hall–Kier alpha value is -3.35. The number of terminal acetylenes is 1. The van der Waals surface area contributed by atoms with Gasteiger partial charge in [0.15, 0.2) is 6.10 Å². The van der Waals surface area contributed by atoms with Gasteiger partial charge in [0.2, 0.25) is 15.9 Å². The third kappa shape index (κ3) is 5.63. The summed E-state index contributed by atoms with van der Waals surface area (Å²) in [6.45, 7) is 1.92. The van der Waals surface area contributed by atoms with Crippen molar-refractivity contribution in [2.24, 2.45) is 0 Å². The molecule has 1 heterocycles. The molecule has 0 saturated carbocycles. The Morgan fingerprint density at radius 2 is 2.00 bits per heavy atom. The number of benzene rings is 2. The molecule has 1 fully saturated rings. The van der Waals surface area contributed by atoms with Crippen LogP contribution in [0.4, 0.5) is 0 Å². The van der Waals surface area contributed by atoms with E-state index < -0.39 is 16.0 Å². The van der Waals surface area contributed by atoms with Crippen LogP contribution in [0, 0.1) is 12.3 Å². The number of nitrogens with zero attached hydrogens (tertiary/aromatic N) is 1.